The number of anilines is 1. The quantitative estimate of drug-likeness (QED) is 0.293. The summed E-state index contributed by atoms with van der Waals surface area (Å²) in [6, 6.07) is 6.16. The van der Waals surface area contributed by atoms with Gasteiger partial charge in [-0.1, -0.05) is 18.5 Å². The van der Waals surface area contributed by atoms with Gasteiger partial charge in [0.1, 0.15) is 5.75 Å². The minimum atomic E-state index is 0. The SMILES string of the molecule is CCCN1CCC(CN=C(NCC)NC2CCN(c3cc(Cl)ccc3OC)C2)C1.I. The third kappa shape index (κ3) is 7.05. The lowest BCUT2D eigenvalue weighted by Gasteiger charge is -2.22. The molecule has 30 heavy (non-hydrogen) atoms. The summed E-state index contributed by atoms with van der Waals surface area (Å²) in [5.41, 5.74) is 1.06. The van der Waals surface area contributed by atoms with Crippen LogP contribution in [-0.2, 0) is 0 Å². The number of methoxy groups -OCH3 is 1. The summed E-state index contributed by atoms with van der Waals surface area (Å²) < 4.78 is 5.53. The normalized spacial score (nSPS) is 22.1. The number of halogens is 2. The van der Waals surface area contributed by atoms with Crippen LogP contribution in [0.1, 0.15) is 33.1 Å². The first-order valence-electron chi connectivity index (χ1n) is 11.0. The lowest BCUT2D eigenvalue weighted by Crippen LogP contribution is -2.45. The summed E-state index contributed by atoms with van der Waals surface area (Å²) in [6.07, 6.45) is 3.55. The average Bonchev–Trinajstić information content (AvgIpc) is 3.36. The van der Waals surface area contributed by atoms with Gasteiger partial charge in [0.25, 0.3) is 0 Å². The largest absolute Gasteiger partial charge is 0.495 e. The van der Waals surface area contributed by atoms with E-state index in [0.29, 0.717) is 12.0 Å². The Morgan fingerprint density at radius 3 is 2.80 bits per heavy atom. The van der Waals surface area contributed by atoms with Gasteiger partial charge in [0, 0.05) is 43.8 Å². The van der Waals surface area contributed by atoms with Crippen LogP contribution in [0.25, 0.3) is 0 Å². The molecule has 2 N–H and O–H groups in total. The smallest absolute Gasteiger partial charge is 0.191 e. The minimum absolute atomic E-state index is 0. The van der Waals surface area contributed by atoms with E-state index in [1.54, 1.807) is 7.11 Å². The van der Waals surface area contributed by atoms with Gasteiger partial charge in [-0.2, -0.15) is 0 Å². The molecule has 0 aromatic heterocycles. The van der Waals surface area contributed by atoms with Crippen molar-refractivity contribution in [3.8, 4) is 5.75 Å². The molecule has 2 heterocycles. The van der Waals surface area contributed by atoms with Crippen molar-refractivity contribution in [2.45, 2.75) is 39.2 Å². The second-order valence-corrected chi connectivity index (χ2v) is 8.50. The first kappa shape index (κ1) is 25.3. The fourth-order valence-corrected chi connectivity index (χ4v) is 4.49. The molecule has 2 unspecified atom stereocenters. The number of ether oxygens (including phenoxy) is 1. The fourth-order valence-electron chi connectivity index (χ4n) is 4.32. The summed E-state index contributed by atoms with van der Waals surface area (Å²) in [7, 11) is 1.71. The molecule has 8 heteroatoms. The molecule has 2 fully saturated rings. The zero-order chi connectivity index (χ0) is 20.6. The highest BCUT2D eigenvalue weighted by atomic mass is 127. The van der Waals surface area contributed by atoms with E-state index in [2.05, 4.69) is 34.3 Å². The Hall–Kier alpha value is -0.930. The number of benzene rings is 1. The molecule has 3 rings (SSSR count). The van der Waals surface area contributed by atoms with E-state index < -0.39 is 0 Å². The number of nitrogens with one attached hydrogen (secondary N) is 2. The number of hydrogen-bond donors (Lipinski definition) is 2. The molecule has 2 saturated heterocycles. The monoisotopic (exact) mass is 549 g/mol. The summed E-state index contributed by atoms with van der Waals surface area (Å²) in [4.78, 5) is 9.80. The molecule has 2 atom stereocenters. The zero-order valence-electron chi connectivity index (χ0n) is 18.5. The number of hydrogen-bond acceptors (Lipinski definition) is 4. The lowest BCUT2D eigenvalue weighted by molar-refractivity contribution is 0.326. The molecule has 2 aliphatic rings. The van der Waals surface area contributed by atoms with Crippen LogP contribution in [0.5, 0.6) is 5.75 Å². The first-order valence-corrected chi connectivity index (χ1v) is 11.4. The van der Waals surface area contributed by atoms with Gasteiger partial charge in [0.15, 0.2) is 5.96 Å². The molecule has 2 aliphatic heterocycles. The number of likely N-dealkylation sites (tertiary alicyclic amines) is 1. The van der Waals surface area contributed by atoms with Gasteiger partial charge >= 0.3 is 0 Å². The van der Waals surface area contributed by atoms with Gasteiger partial charge < -0.3 is 25.2 Å². The Morgan fingerprint density at radius 1 is 1.23 bits per heavy atom. The van der Waals surface area contributed by atoms with E-state index in [0.717, 1.165) is 55.0 Å². The Labute approximate surface area is 203 Å². The van der Waals surface area contributed by atoms with Gasteiger partial charge in [0.05, 0.1) is 12.8 Å². The maximum atomic E-state index is 6.22. The second-order valence-electron chi connectivity index (χ2n) is 8.07. The van der Waals surface area contributed by atoms with Crippen LogP contribution < -0.4 is 20.3 Å². The number of guanidine groups is 1. The van der Waals surface area contributed by atoms with Crippen LogP contribution in [0.3, 0.4) is 0 Å². The van der Waals surface area contributed by atoms with E-state index in [4.69, 9.17) is 21.3 Å². The lowest BCUT2D eigenvalue weighted by atomic mass is 10.1. The standard InChI is InChI=1S/C22H36ClN5O.HI/c1-4-10-27-11-8-17(15-27)14-25-22(24-5-2)26-19-9-12-28(16-19)20-13-18(23)6-7-21(20)29-3;/h6-7,13,17,19H,4-5,8-12,14-16H2,1-3H3,(H2,24,25,26);1H. The molecule has 6 nitrogen and oxygen atoms in total. The van der Waals surface area contributed by atoms with Crippen molar-refractivity contribution in [2.75, 3.05) is 57.8 Å². The van der Waals surface area contributed by atoms with E-state index >= 15 is 0 Å². The highest BCUT2D eigenvalue weighted by Gasteiger charge is 2.26. The highest BCUT2D eigenvalue weighted by molar-refractivity contribution is 14.0. The van der Waals surface area contributed by atoms with Crippen molar-refractivity contribution >= 4 is 47.2 Å². The predicted octanol–water partition coefficient (Wildman–Crippen LogP) is 3.83. The molecule has 170 valence electrons. The number of aliphatic imine (C=N–C) groups is 1. The third-order valence-corrected chi connectivity index (χ3v) is 6.01. The van der Waals surface area contributed by atoms with Crippen LogP contribution >= 0.6 is 35.6 Å². The van der Waals surface area contributed by atoms with Crippen molar-refractivity contribution in [1.29, 1.82) is 0 Å². The Balaban J connectivity index is 0.00000320. The maximum absolute atomic E-state index is 6.22. The molecule has 0 aliphatic carbocycles. The molecule has 1 aromatic carbocycles. The van der Waals surface area contributed by atoms with Gasteiger partial charge in [-0.25, -0.2) is 0 Å². The van der Waals surface area contributed by atoms with Gasteiger partial charge in [-0.3, -0.25) is 4.99 Å². The van der Waals surface area contributed by atoms with Gasteiger partial charge in [-0.15, -0.1) is 24.0 Å². The fraction of sp³-hybridized carbons (Fsp3) is 0.682. The first-order chi connectivity index (χ1) is 14.1. The van der Waals surface area contributed by atoms with E-state index in [-0.39, 0.29) is 24.0 Å². The molecule has 0 amide bonds. The van der Waals surface area contributed by atoms with Crippen molar-refractivity contribution < 1.29 is 4.74 Å². The van der Waals surface area contributed by atoms with Crippen LogP contribution in [0.15, 0.2) is 23.2 Å². The molecule has 0 radical (unpaired) electrons. The van der Waals surface area contributed by atoms with E-state index in [1.165, 1.54) is 32.5 Å². The van der Waals surface area contributed by atoms with Crippen LogP contribution in [-0.4, -0.2) is 69.8 Å². The van der Waals surface area contributed by atoms with Gasteiger partial charge in [-0.05, 0) is 63.4 Å². The highest BCUT2D eigenvalue weighted by Crippen LogP contribution is 2.33. The molecule has 0 spiro atoms. The molecule has 1 aromatic rings. The molecular formula is C22H37ClIN5O. The van der Waals surface area contributed by atoms with Crippen LogP contribution in [0.2, 0.25) is 5.02 Å². The number of nitrogens with zero attached hydrogens (tertiary/aromatic N) is 3. The topological polar surface area (TPSA) is 52.1 Å². The van der Waals surface area contributed by atoms with Crippen molar-refractivity contribution in [3.05, 3.63) is 23.2 Å². The second kappa shape index (κ2) is 12.8. The molecular weight excluding hydrogens is 513 g/mol. The Bertz CT molecular complexity index is 689. The summed E-state index contributed by atoms with van der Waals surface area (Å²) >= 11 is 6.22. The van der Waals surface area contributed by atoms with Crippen molar-refractivity contribution in [3.63, 3.8) is 0 Å². The van der Waals surface area contributed by atoms with Crippen LogP contribution in [0.4, 0.5) is 5.69 Å². The zero-order valence-corrected chi connectivity index (χ0v) is 21.6. The minimum Gasteiger partial charge on any atom is -0.495 e. The van der Waals surface area contributed by atoms with E-state index in [1.807, 2.05) is 18.2 Å². The van der Waals surface area contributed by atoms with Crippen LogP contribution in [0, 0.1) is 5.92 Å². The average molecular weight is 550 g/mol. The van der Waals surface area contributed by atoms with Crippen molar-refractivity contribution in [1.82, 2.24) is 15.5 Å². The van der Waals surface area contributed by atoms with Gasteiger partial charge in [0.2, 0.25) is 0 Å². The van der Waals surface area contributed by atoms with Crippen molar-refractivity contribution in [2.24, 2.45) is 10.9 Å². The summed E-state index contributed by atoms with van der Waals surface area (Å²) in [6.45, 7) is 11.6. The third-order valence-electron chi connectivity index (χ3n) is 5.77. The Morgan fingerprint density at radius 2 is 2.07 bits per heavy atom. The molecule has 0 saturated carbocycles. The summed E-state index contributed by atoms with van der Waals surface area (Å²) in [5, 5.41) is 7.79. The number of rotatable bonds is 8. The Kier molecular flexibility index (Phi) is 10.8. The maximum Gasteiger partial charge on any atom is 0.191 e. The summed E-state index contributed by atoms with van der Waals surface area (Å²) in [5.74, 6) is 2.48. The molecule has 0 bridgehead atoms. The van der Waals surface area contributed by atoms with E-state index in [9.17, 15) is 0 Å². The predicted molar refractivity (Wildman–Crippen MR) is 138 cm³/mol.